The lowest BCUT2D eigenvalue weighted by atomic mass is 10.1. The Morgan fingerprint density at radius 3 is 2.53 bits per heavy atom. The van der Waals surface area contributed by atoms with Gasteiger partial charge in [0.2, 0.25) is 0 Å². The smallest absolute Gasteiger partial charge is 0.261 e. The summed E-state index contributed by atoms with van der Waals surface area (Å²) in [7, 11) is 0. The number of nitrogens with zero attached hydrogens (tertiary/aromatic N) is 2. The number of aromatic amines is 1. The third kappa shape index (κ3) is 3.24. The highest BCUT2D eigenvalue weighted by Gasteiger charge is 2.21. The van der Waals surface area contributed by atoms with Crippen molar-refractivity contribution in [1.29, 1.82) is 0 Å². The Kier molecular flexibility index (Phi) is 4.37. The van der Waals surface area contributed by atoms with Crippen LogP contribution in [0.4, 0.5) is 5.69 Å². The van der Waals surface area contributed by atoms with E-state index in [4.69, 9.17) is 4.52 Å². The molecule has 146 valence electrons. The first-order valence-corrected chi connectivity index (χ1v) is 9.57. The summed E-state index contributed by atoms with van der Waals surface area (Å²) < 4.78 is 5.31. The van der Waals surface area contributed by atoms with Crippen molar-refractivity contribution >= 4 is 22.6 Å². The number of aryl methyl sites for hydroxylation is 1. The summed E-state index contributed by atoms with van der Waals surface area (Å²) in [5.41, 5.74) is 5.20. The van der Waals surface area contributed by atoms with E-state index in [0.717, 1.165) is 28.0 Å². The van der Waals surface area contributed by atoms with Gasteiger partial charge in [-0.1, -0.05) is 59.8 Å². The molecule has 0 fully saturated rings. The molecular weight excluding hydrogens is 376 g/mol. The zero-order valence-corrected chi connectivity index (χ0v) is 16.2. The van der Waals surface area contributed by atoms with E-state index in [-0.39, 0.29) is 5.91 Å². The minimum Gasteiger partial charge on any atom is -0.360 e. The zero-order chi connectivity index (χ0) is 20.5. The number of hydrogen-bond acceptors (Lipinski definition) is 4. The summed E-state index contributed by atoms with van der Waals surface area (Å²) >= 11 is 0. The Morgan fingerprint density at radius 2 is 1.70 bits per heavy atom. The van der Waals surface area contributed by atoms with E-state index in [1.54, 1.807) is 6.92 Å². The second-order valence-corrected chi connectivity index (χ2v) is 6.97. The second-order valence-electron chi connectivity index (χ2n) is 6.97. The van der Waals surface area contributed by atoms with Crippen LogP contribution in [0, 0.1) is 6.92 Å². The third-order valence-electron chi connectivity index (χ3n) is 4.92. The largest absolute Gasteiger partial charge is 0.360 e. The van der Waals surface area contributed by atoms with Crippen molar-refractivity contribution in [2.75, 3.05) is 5.32 Å². The van der Waals surface area contributed by atoms with Gasteiger partial charge in [-0.15, -0.1) is 0 Å². The fourth-order valence-electron chi connectivity index (χ4n) is 3.46. The summed E-state index contributed by atoms with van der Waals surface area (Å²) in [6.07, 6.45) is 0. The molecule has 1 amide bonds. The van der Waals surface area contributed by atoms with Crippen LogP contribution >= 0.6 is 0 Å². The lowest BCUT2D eigenvalue weighted by Gasteiger charge is -2.07. The van der Waals surface area contributed by atoms with Gasteiger partial charge < -0.3 is 14.8 Å². The average Bonchev–Trinajstić information content (AvgIpc) is 3.38. The highest BCUT2D eigenvalue weighted by molar-refractivity contribution is 6.09. The molecule has 0 saturated heterocycles. The molecule has 0 radical (unpaired) electrons. The molecule has 2 heterocycles. The van der Waals surface area contributed by atoms with Crippen LogP contribution in [0.2, 0.25) is 0 Å². The highest BCUT2D eigenvalue weighted by Crippen LogP contribution is 2.27. The number of para-hydroxylation sites is 2. The van der Waals surface area contributed by atoms with Crippen molar-refractivity contribution in [1.82, 2.24) is 15.1 Å². The average molecular weight is 394 g/mol. The first kappa shape index (κ1) is 17.9. The molecule has 0 aliphatic carbocycles. The molecule has 5 rings (SSSR count). The molecule has 2 aromatic heterocycles. The first-order chi connectivity index (χ1) is 14.7. The summed E-state index contributed by atoms with van der Waals surface area (Å²) in [5.74, 6) is 0.951. The molecule has 0 aliphatic heterocycles. The number of fused-ring (bicyclic) bond motifs is 1. The molecular formula is C24H18N4O2. The lowest BCUT2D eigenvalue weighted by Crippen LogP contribution is -2.13. The summed E-state index contributed by atoms with van der Waals surface area (Å²) in [6.45, 7) is 1.74. The number of nitrogens with one attached hydrogen (secondary N) is 2. The van der Waals surface area contributed by atoms with E-state index >= 15 is 0 Å². The van der Waals surface area contributed by atoms with E-state index in [2.05, 4.69) is 20.4 Å². The lowest BCUT2D eigenvalue weighted by molar-refractivity contribution is 0.102. The maximum Gasteiger partial charge on any atom is 0.261 e. The van der Waals surface area contributed by atoms with Gasteiger partial charge in [0.25, 0.3) is 5.91 Å². The van der Waals surface area contributed by atoms with E-state index in [1.807, 2.05) is 78.9 Å². The molecule has 2 N–H and O–H groups in total. The van der Waals surface area contributed by atoms with Crippen molar-refractivity contribution < 1.29 is 9.32 Å². The number of rotatable bonds is 4. The van der Waals surface area contributed by atoms with Crippen LogP contribution in [0.1, 0.15) is 16.1 Å². The molecule has 6 heteroatoms. The number of hydrogen-bond donors (Lipinski definition) is 2. The number of anilines is 1. The van der Waals surface area contributed by atoms with E-state index < -0.39 is 0 Å². The number of benzene rings is 3. The maximum atomic E-state index is 13.0. The van der Waals surface area contributed by atoms with Crippen molar-refractivity contribution in [3.8, 4) is 22.6 Å². The van der Waals surface area contributed by atoms with Crippen molar-refractivity contribution in [3.05, 3.63) is 90.2 Å². The van der Waals surface area contributed by atoms with Gasteiger partial charge in [0, 0.05) is 16.8 Å². The van der Waals surface area contributed by atoms with Gasteiger partial charge in [-0.25, -0.2) is 4.98 Å². The first-order valence-electron chi connectivity index (χ1n) is 9.57. The Morgan fingerprint density at radius 1 is 0.933 bits per heavy atom. The van der Waals surface area contributed by atoms with Gasteiger partial charge in [0.15, 0.2) is 0 Å². The number of carbonyl (C=O) groups excluding carboxylic acids is 1. The van der Waals surface area contributed by atoms with Crippen LogP contribution in [0.15, 0.2) is 83.4 Å². The Hall–Kier alpha value is -4.19. The molecule has 6 nitrogen and oxygen atoms in total. The van der Waals surface area contributed by atoms with E-state index in [9.17, 15) is 4.79 Å². The fraction of sp³-hybridized carbons (Fsp3) is 0.0417. The maximum absolute atomic E-state index is 13.0. The van der Waals surface area contributed by atoms with Crippen LogP contribution in [-0.4, -0.2) is 21.0 Å². The predicted molar refractivity (Wildman–Crippen MR) is 116 cm³/mol. The number of carbonyl (C=O) groups is 1. The van der Waals surface area contributed by atoms with Crippen LogP contribution < -0.4 is 5.32 Å². The predicted octanol–water partition coefficient (Wildman–Crippen LogP) is 5.45. The number of aromatic nitrogens is 3. The molecule has 0 unspecified atom stereocenters. The minimum atomic E-state index is -0.269. The molecule has 3 aromatic carbocycles. The van der Waals surface area contributed by atoms with E-state index in [1.165, 1.54) is 0 Å². The van der Waals surface area contributed by atoms with Crippen LogP contribution in [0.3, 0.4) is 0 Å². The van der Waals surface area contributed by atoms with Gasteiger partial charge in [-0.2, -0.15) is 0 Å². The van der Waals surface area contributed by atoms with E-state index in [0.29, 0.717) is 22.7 Å². The molecule has 0 bridgehead atoms. The molecule has 30 heavy (non-hydrogen) atoms. The SMILES string of the molecule is Cc1onc(-c2ccccc2)c1C(=O)Nc1cccc(-c2nc3ccccc3[nH]2)c1. The van der Waals surface area contributed by atoms with Crippen molar-refractivity contribution in [3.63, 3.8) is 0 Å². The molecule has 0 spiro atoms. The van der Waals surface area contributed by atoms with Crippen LogP contribution in [0.5, 0.6) is 0 Å². The molecule has 5 aromatic rings. The number of H-pyrrole nitrogens is 1. The minimum absolute atomic E-state index is 0.269. The monoisotopic (exact) mass is 394 g/mol. The van der Waals surface area contributed by atoms with Crippen LogP contribution in [-0.2, 0) is 0 Å². The van der Waals surface area contributed by atoms with Crippen molar-refractivity contribution in [2.45, 2.75) is 6.92 Å². The van der Waals surface area contributed by atoms with Gasteiger partial charge in [0.05, 0.1) is 11.0 Å². The van der Waals surface area contributed by atoms with Crippen LogP contribution in [0.25, 0.3) is 33.7 Å². The summed E-state index contributed by atoms with van der Waals surface area (Å²) in [5, 5.41) is 7.05. The number of imidazole rings is 1. The van der Waals surface area contributed by atoms with Gasteiger partial charge >= 0.3 is 0 Å². The number of amides is 1. The van der Waals surface area contributed by atoms with Gasteiger partial charge in [-0.3, -0.25) is 4.79 Å². The normalized spacial score (nSPS) is 11.0. The molecule has 0 saturated carbocycles. The fourth-order valence-corrected chi connectivity index (χ4v) is 3.46. The summed E-state index contributed by atoms with van der Waals surface area (Å²) in [4.78, 5) is 21.0. The van der Waals surface area contributed by atoms with Gasteiger partial charge in [0.1, 0.15) is 22.8 Å². The quantitative estimate of drug-likeness (QED) is 0.425. The zero-order valence-electron chi connectivity index (χ0n) is 16.2. The Labute approximate surface area is 172 Å². The van der Waals surface area contributed by atoms with Crippen molar-refractivity contribution in [2.24, 2.45) is 0 Å². The molecule has 0 atom stereocenters. The van der Waals surface area contributed by atoms with Gasteiger partial charge in [-0.05, 0) is 31.2 Å². The summed E-state index contributed by atoms with van der Waals surface area (Å²) in [6, 6.07) is 24.9. The molecule has 0 aliphatic rings. The Bertz CT molecular complexity index is 1320. The topological polar surface area (TPSA) is 83.8 Å². The highest BCUT2D eigenvalue weighted by atomic mass is 16.5. The Balaban J connectivity index is 1.45. The third-order valence-corrected chi connectivity index (χ3v) is 4.92. The second kappa shape index (κ2) is 7.33. The standard InChI is InChI=1S/C24H18N4O2/c1-15-21(22(28-30-15)16-8-3-2-4-9-16)24(29)25-18-11-7-10-17(14-18)23-26-19-12-5-6-13-20(19)27-23/h2-14H,1H3,(H,25,29)(H,26,27).